The molecule has 0 bridgehead atoms. The first-order valence-corrected chi connectivity index (χ1v) is 13.1. The number of nitro benzene ring substituents is 1. The van der Waals surface area contributed by atoms with E-state index >= 15 is 0 Å². The fourth-order valence-corrected chi connectivity index (χ4v) is 4.92. The maximum atomic E-state index is 13.5. The molecule has 11 nitrogen and oxygen atoms in total. The number of carbonyl (C=O) groups is 2. The van der Waals surface area contributed by atoms with Gasteiger partial charge in [-0.05, 0) is 55.3 Å². The molecule has 2 amide bonds. The second-order valence-electron chi connectivity index (χ2n) is 8.95. The Morgan fingerprint density at radius 3 is 2.62 bits per heavy atom. The van der Waals surface area contributed by atoms with Crippen molar-refractivity contribution in [2.45, 2.75) is 13.8 Å². The molecule has 2 aliphatic heterocycles. The lowest BCUT2D eigenvalue weighted by Gasteiger charge is -2.18. The van der Waals surface area contributed by atoms with Crippen molar-refractivity contribution in [1.82, 2.24) is 0 Å². The van der Waals surface area contributed by atoms with Gasteiger partial charge in [-0.3, -0.25) is 24.6 Å². The molecule has 204 valence electrons. The Balaban J connectivity index is 1.38. The zero-order valence-corrected chi connectivity index (χ0v) is 22.6. The van der Waals surface area contributed by atoms with Crippen molar-refractivity contribution >= 4 is 51.9 Å². The van der Waals surface area contributed by atoms with E-state index in [9.17, 15) is 19.7 Å². The molecule has 0 spiro atoms. The van der Waals surface area contributed by atoms with Crippen LogP contribution in [0.5, 0.6) is 17.2 Å². The summed E-state index contributed by atoms with van der Waals surface area (Å²) in [7, 11) is 1.32. The number of anilines is 2. The van der Waals surface area contributed by atoms with Gasteiger partial charge in [0.15, 0.2) is 22.4 Å². The van der Waals surface area contributed by atoms with Gasteiger partial charge in [-0.15, -0.1) is 0 Å². The van der Waals surface area contributed by atoms with Gasteiger partial charge < -0.3 is 19.5 Å². The second kappa shape index (κ2) is 11.1. The first kappa shape index (κ1) is 26.8. The van der Waals surface area contributed by atoms with Gasteiger partial charge in [-0.2, -0.15) is 0 Å². The molecule has 5 rings (SSSR count). The highest BCUT2D eigenvalue weighted by Crippen LogP contribution is 2.35. The third-order valence-electron chi connectivity index (χ3n) is 6.15. The van der Waals surface area contributed by atoms with Crippen molar-refractivity contribution in [3.63, 3.8) is 0 Å². The van der Waals surface area contributed by atoms with Crippen LogP contribution < -0.4 is 24.4 Å². The monoisotopic (exact) mass is 560 g/mol. The van der Waals surface area contributed by atoms with Crippen LogP contribution in [0.25, 0.3) is 6.08 Å². The Hall–Kier alpha value is -4.84. The number of thioether (sulfide) groups is 1. The molecule has 3 aromatic carbocycles. The van der Waals surface area contributed by atoms with E-state index in [1.165, 1.54) is 24.1 Å². The van der Waals surface area contributed by atoms with Crippen molar-refractivity contribution in [2.75, 3.05) is 29.9 Å². The Morgan fingerprint density at radius 2 is 1.90 bits per heavy atom. The van der Waals surface area contributed by atoms with Gasteiger partial charge in [0.25, 0.3) is 5.91 Å². The van der Waals surface area contributed by atoms with Gasteiger partial charge in [0.05, 0.1) is 23.5 Å². The lowest BCUT2D eigenvalue weighted by Crippen LogP contribution is -2.31. The van der Waals surface area contributed by atoms with Crippen molar-refractivity contribution in [2.24, 2.45) is 4.99 Å². The number of methoxy groups -OCH3 is 1. The molecule has 40 heavy (non-hydrogen) atoms. The van der Waals surface area contributed by atoms with Crippen LogP contribution in [-0.2, 0) is 9.59 Å². The van der Waals surface area contributed by atoms with E-state index in [4.69, 9.17) is 14.2 Å². The minimum absolute atomic E-state index is 0.0353. The third kappa shape index (κ3) is 5.47. The Morgan fingerprint density at radius 1 is 1.15 bits per heavy atom. The number of ether oxygens (including phenoxy) is 3. The van der Waals surface area contributed by atoms with E-state index in [0.717, 1.165) is 17.3 Å². The minimum atomic E-state index is -0.545. The number of fused-ring (bicyclic) bond motifs is 1. The van der Waals surface area contributed by atoms with Crippen molar-refractivity contribution in [3.05, 3.63) is 87.1 Å². The molecular formula is C28H24N4O7S. The molecule has 0 atom stereocenters. The molecule has 0 aliphatic carbocycles. The molecule has 0 saturated carbocycles. The number of hydrogen-bond acceptors (Lipinski definition) is 9. The van der Waals surface area contributed by atoms with Crippen LogP contribution in [0.3, 0.4) is 0 Å². The number of nitrogens with zero attached hydrogens (tertiary/aromatic N) is 3. The normalized spacial score (nSPS) is 14.9. The summed E-state index contributed by atoms with van der Waals surface area (Å²) < 4.78 is 15.9. The van der Waals surface area contributed by atoms with Crippen molar-refractivity contribution in [3.8, 4) is 17.2 Å². The highest BCUT2D eigenvalue weighted by atomic mass is 32.2. The quantitative estimate of drug-likeness (QED) is 0.241. The summed E-state index contributed by atoms with van der Waals surface area (Å²) in [5, 5.41) is 14.4. The van der Waals surface area contributed by atoms with Crippen LogP contribution in [-0.4, -0.2) is 41.6 Å². The summed E-state index contributed by atoms with van der Waals surface area (Å²) in [5.41, 5.74) is 3.27. The lowest BCUT2D eigenvalue weighted by atomic mass is 10.1. The molecule has 0 aromatic heterocycles. The molecular weight excluding hydrogens is 536 g/mol. The van der Waals surface area contributed by atoms with Crippen LogP contribution >= 0.6 is 11.8 Å². The first-order chi connectivity index (χ1) is 19.2. The average molecular weight is 561 g/mol. The number of aryl methyl sites for hydroxylation is 2. The summed E-state index contributed by atoms with van der Waals surface area (Å²) in [6.07, 6.45) is 1.66. The smallest absolute Gasteiger partial charge is 0.311 e. The molecule has 0 unspecified atom stereocenters. The van der Waals surface area contributed by atoms with Crippen molar-refractivity contribution in [1.29, 1.82) is 0 Å². The summed E-state index contributed by atoms with van der Waals surface area (Å²) >= 11 is 1.10. The Labute approximate surface area is 233 Å². The molecule has 0 saturated heterocycles. The largest absolute Gasteiger partial charge is 0.490 e. The summed E-state index contributed by atoms with van der Waals surface area (Å²) in [5.74, 6) is 0.478. The van der Waals surface area contributed by atoms with Gasteiger partial charge in [0, 0.05) is 17.8 Å². The van der Waals surface area contributed by atoms with Crippen LogP contribution in [0.2, 0.25) is 0 Å². The Kier molecular flexibility index (Phi) is 7.43. The number of benzene rings is 3. The van der Waals surface area contributed by atoms with E-state index in [1.807, 2.05) is 31.2 Å². The summed E-state index contributed by atoms with van der Waals surface area (Å²) in [4.78, 5) is 43.1. The number of aliphatic imine (C=N–C) groups is 1. The average Bonchev–Trinajstić information content (AvgIpc) is 3.52. The van der Waals surface area contributed by atoms with Gasteiger partial charge in [-0.25, -0.2) is 4.99 Å². The predicted molar refractivity (Wildman–Crippen MR) is 152 cm³/mol. The van der Waals surface area contributed by atoms with E-state index in [1.54, 1.807) is 31.2 Å². The van der Waals surface area contributed by atoms with Crippen LogP contribution in [0, 0.1) is 24.0 Å². The number of nitro groups is 1. The zero-order valence-electron chi connectivity index (χ0n) is 21.8. The van der Waals surface area contributed by atoms with E-state index in [0.29, 0.717) is 39.2 Å². The van der Waals surface area contributed by atoms with Crippen LogP contribution in [0.1, 0.15) is 16.7 Å². The highest BCUT2D eigenvalue weighted by molar-refractivity contribution is 8.14. The van der Waals surface area contributed by atoms with Crippen molar-refractivity contribution < 1.29 is 28.7 Å². The fourth-order valence-electron chi connectivity index (χ4n) is 4.11. The third-order valence-corrected chi connectivity index (χ3v) is 7.09. The maximum Gasteiger partial charge on any atom is 0.311 e. The lowest BCUT2D eigenvalue weighted by molar-refractivity contribution is -0.385. The summed E-state index contributed by atoms with van der Waals surface area (Å²) in [6.45, 7) is 3.74. The molecule has 1 N–H and O–H groups in total. The van der Waals surface area contributed by atoms with Crippen LogP contribution in [0.15, 0.2) is 65.3 Å². The highest BCUT2D eigenvalue weighted by Gasteiger charge is 2.32. The summed E-state index contributed by atoms with van der Waals surface area (Å²) in [6, 6.07) is 15.5. The fraction of sp³-hybridized carbons (Fsp3) is 0.179. The van der Waals surface area contributed by atoms with Gasteiger partial charge >= 0.3 is 5.69 Å². The number of carbonyl (C=O) groups excluding carboxylic acids is 2. The SMILES string of the molecule is COc1cc(NC(=O)CSC2=N/C(=C\c3ccc4c(c3)OCO4)C(=O)N2c2ccc(C)cc2)c(C)cc1[N+](=O)[O-]. The topological polar surface area (TPSA) is 133 Å². The first-order valence-electron chi connectivity index (χ1n) is 12.1. The molecule has 0 radical (unpaired) electrons. The van der Waals surface area contributed by atoms with E-state index in [2.05, 4.69) is 10.3 Å². The standard InChI is InChI=1S/C28H24N4O7S/c1-16-4-7-19(8-5-16)31-27(34)21(11-18-6-9-23-25(12-18)39-15-38-23)30-28(31)40-14-26(33)29-20-13-24(37-3)22(32(35)36)10-17(20)2/h4-13H,14-15H2,1-3H3,(H,29,33)/b21-11-. The number of amidine groups is 1. The predicted octanol–water partition coefficient (Wildman–Crippen LogP) is 5.06. The van der Waals surface area contributed by atoms with Crippen LogP contribution in [0.4, 0.5) is 17.1 Å². The maximum absolute atomic E-state index is 13.5. The molecule has 2 heterocycles. The zero-order chi connectivity index (χ0) is 28.4. The molecule has 3 aromatic rings. The van der Waals surface area contributed by atoms with Gasteiger partial charge in [0.2, 0.25) is 12.7 Å². The Bertz CT molecular complexity index is 1580. The second-order valence-corrected chi connectivity index (χ2v) is 9.89. The molecule has 2 aliphatic rings. The van der Waals surface area contributed by atoms with E-state index in [-0.39, 0.29) is 41.5 Å². The number of amides is 2. The van der Waals surface area contributed by atoms with Gasteiger partial charge in [0.1, 0.15) is 5.70 Å². The minimum Gasteiger partial charge on any atom is -0.490 e. The molecule has 0 fully saturated rings. The molecule has 12 heteroatoms. The number of hydrogen-bond donors (Lipinski definition) is 1. The number of rotatable bonds is 7. The number of nitrogens with one attached hydrogen (secondary N) is 1. The van der Waals surface area contributed by atoms with Gasteiger partial charge in [-0.1, -0.05) is 35.5 Å². The van der Waals surface area contributed by atoms with E-state index < -0.39 is 4.92 Å².